The molecule has 5 nitrogen and oxygen atoms in total. The highest BCUT2D eigenvalue weighted by molar-refractivity contribution is 7.10. The molecule has 0 saturated heterocycles. The summed E-state index contributed by atoms with van der Waals surface area (Å²) in [5, 5.41) is 5.64. The monoisotopic (exact) mass is 344 g/mol. The van der Waals surface area contributed by atoms with Crippen LogP contribution in [-0.2, 0) is 10.2 Å². The van der Waals surface area contributed by atoms with Crippen molar-refractivity contribution < 1.29 is 14.3 Å². The Bertz CT molecular complexity index is 739. The number of nitrogens with zero attached hydrogens (tertiary/aromatic N) is 1. The molecule has 0 fully saturated rings. The molecule has 1 aromatic carbocycles. The first-order valence-corrected chi connectivity index (χ1v) is 8.68. The summed E-state index contributed by atoms with van der Waals surface area (Å²) in [6.07, 6.45) is 4.95. The molecule has 24 heavy (non-hydrogen) atoms. The number of fused-ring (bicyclic) bond motifs is 1. The summed E-state index contributed by atoms with van der Waals surface area (Å²) in [6, 6.07) is 5.94. The number of carbonyl (C=O) groups is 1. The maximum atomic E-state index is 12.0. The van der Waals surface area contributed by atoms with Gasteiger partial charge in [0.1, 0.15) is 18.2 Å². The Hall–Kier alpha value is -2.34. The molecule has 0 atom stereocenters. The molecule has 0 aliphatic carbocycles. The zero-order valence-electron chi connectivity index (χ0n) is 13.7. The van der Waals surface area contributed by atoms with Crippen LogP contribution < -0.4 is 14.8 Å². The maximum Gasteiger partial charge on any atom is 0.244 e. The van der Waals surface area contributed by atoms with E-state index >= 15 is 0 Å². The summed E-state index contributed by atoms with van der Waals surface area (Å²) in [4.78, 5) is 16.1. The van der Waals surface area contributed by atoms with Gasteiger partial charge in [0.25, 0.3) is 0 Å². The molecule has 0 bridgehead atoms. The Kier molecular flexibility index (Phi) is 4.85. The number of benzene rings is 1. The van der Waals surface area contributed by atoms with Crippen molar-refractivity contribution in [2.75, 3.05) is 19.8 Å². The number of amides is 1. The summed E-state index contributed by atoms with van der Waals surface area (Å²) in [6.45, 7) is 5.84. The first-order valence-electron chi connectivity index (χ1n) is 7.80. The van der Waals surface area contributed by atoms with Gasteiger partial charge < -0.3 is 14.8 Å². The molecule has 1 N–H and O–H groups in total. The Morgan fingerprint density at radius 3 is 2.88 bits per heavy atom. The lowest BCUT2D eigenvalue weighted by Crippen LogP contribution is -2.36. The third-order valence-corrected chi connectivity index (χ3v) is 4.60. The van der Waals surface area contributed by atoms with Gasteiger partial charge in [-0.15, -0.1) is 11.3 Å². The van der Waals surface area contributed by atoms with E-state index in [4.69, 9.17) is 9.47 Å². The first-order chi connectivity index (χ1) is 11.5. The maximum absolute atomic E-state index is 12.0. The van der Waals surface area contributed by atoms with Crippen LogP contribution in [0.25, 0.3) is 6.08 Å². The summed E-state index contributed by atoms with van der Waals surface area (Å²) in [7, 11) is 0. The van der Waals surface area contributed by atoms with Crippen molar-refractivity contribution in [3.8, 4) is 11.5 Å². The Balaban J connectivity index is 1.62. The quantitative estimate of drug-likeness (QED) is 0.847. The van der Waals surface area contributed by atoms with Gasteiger partial charge in [0.05, 0.1) is 0 Å². The molecule has 1 aliphatic rings. The predicted octanol–water partition coefficient (Wildman–Crippen LogP) is 3.02. The van der Waals surface area contributed by atoms with E-state index in [0.717, 1.165) is 22.1 Å². The van der Waals surface area contributed by atoms with Gasteiger partial charge in [-0.1, -0.05) is 19.9 Å². The highest BCUT2D eigenvalue weighted by Gasteiger charge is 2.23. The molecule has 2 heterocycles. The fourth-order valence-electron chi connectivity index (χ4n) is 2.40. The molecule has 2 aromatic rings. The number of nitrogens with one attached hydrogen (secondary N) is 1. The van der Waals surface area contributed by atoms with Gasteiger partial charge in [0, 0.05) is 29.6 Å². The first kappa shape index (κ1) is 16.5. The van der Waals surface area contributed by atoms with Crippen molar-refractivity contribution in [3.63, 3.8) is 0 Å². The summed E-state index contributed by atoms with van der Waals surface area (Å²) in [5.74, 6) is 1.41. The molecule has 1 aliphatic heterocycles. The van der Waals surface area contributed by atoms with Gasteiger partial charge >= 0.3 is 0 Å². The Morgan fingerprint density at radius 1 is 1.33 bits per heavy atom. The lowest BCUT2D eigenvalue weighted by atomic mass is 9.84. The van der Waals surface area contributed by atoms with Crippen LogP contribution in [0.4, 0.5) is 0 Å². The number of hydrogen-bond acceptors (Lipinski definition) is 5. The van der Waals surface area contributed by atoms with Crippen LogP contribution in [0.3, 0.4) is 0 Å². The Labute approximate surface area is 145 Å². The summed E-state index contributed by atoms with van der Waals surface area (Å²) < 4.78 is 11.2. The van der Waals surface area contributed by atoms with Crippen molar-refractivity contribution in [3.05, 3.63) is 46.4 Å². The fourth-order valence-corrected chi connectivity index (χ4v) is 2.93. The van der Waals surface area contributed by atoms with E-state index in [0.29, 0.717) is 19.8 Å². The molecular weight excluding hydrogens is 324 g/mol. The molecule has 1 aromatic heterocycles. The molecule has 126 valence electrons. The van der Waals surface area contributed by atoms with Crippen LogP contribution in [-0.4, -0.2) is 30.6 Å². The van der Waals surface area contributed by atoms with Gasteiger partial charge in [0.2, 0.25) is 5.91 Å². The zero-order valence-corrected chi connectivity index (χ0v) is 14.6. The second-order valence-corrected chi connectivity index (χ2v) is 7.09. The average Bonchev–Trinajstić information content (AvgIpc) is 3.11. The summed E-state index contributed by atoms with van der Waals surface area (Å²) >= 11 is 1.49. The van der Waals surface area contributed by atoms with E-state index < -0.39 is 0 Å². The van der Waals surface area contributed by atoms with Gasteiger partial charge in [0.15, 0.2) is 11.5 Å². The van der Waals surface area contributed by atoms with Gasteiger partial charge in [-0.05, 0) is 23.8 Å². The lowest BCUT2D eigenvalue weighted by Gasteiger charge is -2.27. The lowest BCUT2D eigenvalue weighted by molar-refractivity contribution is -0.116. The number of rotatable bonds is 5. The number of thiazole rings is 1. The molecule has 6 heteroatoms. The minimum atomic E-state index is -0.222. The standard InChI is InChI=1S/C18H20N2O3S/c1-18(2,12-20-16(21)5-6-17-19-7-10-24-17)13-3-4-14-15(11-13)23-9-8-22-14/h3-7,10-11H,8-9,12H2,1-2H3,(H,20,21). The molecule has 0 spiro atoms. The summed E-state index contributed by atoms with van der Waals surface area (Å²) in [5.41, 5.74) is 0.872. The molecule has 0 saturated carbocycles. The average molecular weight is 344 g/mol. The van der Waals surface area contributed by atoms with Crippen LogP contribution in [0.2, 0.25) is 0 Å². The van der Waals surface area contributed by atoms with E-state index in [1.807, 2.05) is 23.6 Å². The number of ether oxygens (including phenoxy) is 2. The SMILES string of the molecule is CC(C)(CNC(=O)C=Cc1nccs1)c1ccc2c(c1)OCCO2. The van der Waals surface area contributed by atoms with Gasteiger partial charge in [-0.25, -0.2) is 4.98 Å². The second kappa shape index (κ2) is 7.05. The third-order valence-electron chi connectivity index (χ3n) is 3.86. The molecule has 0 radical (unpaired) electrons. The van der Waals surface area contributed by atoms with Crippen LogP contribution >= 0.6 is 11.3 Å². The van der Waals surface area contributed by atoms with E-state index in [2.05, 4.69) is 24.1 Å². The van der Waals surface area contributed by atoms with Crippen molar-refractivity contribution in [2.45, 2.75) is 19.3 Å². The van der Waals surface area contributed by atoms with E-state index in [1.54, 1.807) is 12.3 Å². The minimum absolute atomic E-state index is 0.129. The van der Waals surface area contributed by atoms with Crippen molar-refractivity contribution in [1.29, 1.82) is 0 Å². The highest BCUT2D eigenvalue weighted by Crippen LogP contribution is 2.34. The third kappa shape index (κ3) is 3.94. The largest absolute Gasteiger partial charge is 0.486 e. The predicted molar refractivity (Wildman–Crippen MR) is 94.6 cm³/mol. The number of aromatic nitrogens is 1. The molecular formula is C18H20N2O3S. The smallest absolute Gasteiger partial charge is 0.244 e. The molecule has 0 unspecified atom stereocenters. The molecule has 1 amide bonds. The van der Waals surface area contributed by atoms with Crippen molar-refractivity contribution in [2.24, 2.45) is 0 Å². The fraction of sp³-hybridized carbons (Fsp3) is 0.333. The zero-order chi connectivity index (χ0) is 17.0. The number of carbonyl (C=O) groups excluding carboxylic acids is 1. The second-order valence-electron chi connectivity index (χ2n) is 6.16. The topological polar surface area (TPSA) is 60.5 Å². The van der Waals surface area contributed by atoms with Crippen LogP contribution in [0.5, 0.6) is 11.5 Å². The normalized spacial score (nSPS) is 13.9. The van der Waals surface area contributed by atoms with Crippen LogP contribution in [0, 0.1) is 0 Å². The minimum Gasteiger partial charge on any atom is -0.486 e. The van der Waals surface area contributed by atoms with Crippen LogP contribution in [0.15, 0.2) is 35.9 Å². The van der Waals surface area contributed by atoms with Crippen molar-refractivity contribution >= 4 is 23.3 Å². The number of hydrogen-bond donors (Lipinski definition) is 1. The van der Waals surface area contributed by atoms with Gasteiger partial charge in [-0.2, -0.15) is 0 Å². The highest BCUT2D eigenvalue weighted by atomic mass is 32.1. The van der Waals surface area contributed by atoms with E-state index in [1.165, 1.54) is 17.4 Å². The van der Waals surface area contributed by atoms with E-state index in [9.17, 15) is 4.79 Å². The van der Waals surface area contributed by atoms with Gasteiger partial charge in [-0.3, -0.25) is 4.79 Å². The Morgan fingerprint density at radius 2 is 2.12 bits per heavy atom. The van der Waals surface area contributed by atoms with E-state index in [-0.39, 0.29) is 11.3 Å². The van der Waals surface area contributed by atoms with Crippen LogP contribution in [0.1, 0.15) is 24.4 Å². The van der Waals surface area contributed by atoms with Crippen molar-refractivity contribution in [1.82, 2.24) is 10.3 Å². The molecule has 3 rings (SSSR count).